The van der Waals surface area contributed by atoms with Gasteiger partial charge in [0.05, 0.1) is 10.0 Å². The third kappa shape index (κ3) is 5.73. The summed E-state index contributed by atoms with van der Waals surface area (Å²) in [6.45, 7) is 0.316. The molecule has 0 aliphatic carbocycles. The first kappa shape index (κ1) is 21.2. The van der Waals surface area contributed by atoms with Crippen molar-refractivity contribution < 1.29 is 14.6 Å². The Kier molecular flexibility index (Phi) is 7.15. The monoisotopic (exact) mass is 429 g/mol. The average molecular weight is 430 g/mol. The second-order valence-electron chi connectivity index (χ2n) is 6.76. The van der Waals surface area contributed by atoms with Crippen LogP contribution < -0.4 is 10.5 Å². The normalized spacial score (nSPS) is 11.8. The van der Waals surface area contributed by atoms with Crippen LogP contribution in [-0.4, -0.2) is 17.1 Å². The molecule has 0 aliphatic heterocycles. The van der Waals surface area contributed by atoms with E-state index >= 15 is 0 Å². The van der Waals surface area contributed by atoms with Gasteiger partial charge in [0.1, 0.15) is 12.6 Å². The van der Waals surface area contributed by atoms with E-state index in [9.17, 15) is 4.79 Å². The number of carboxylic acids is 1. The largest absolute Gasteiger partial charge is 0.486 e. The number of halogens is 2. The molecule has 3 N–H and O–H groups in total. The molecule has 0 saturated carbocycles. The van der Waals surface area contributed by atoms with Crippen LogP contribution in [-0.2, 0) is 24.2 Å². The fraction of sp³-hybridized carbons (Fsp3) is 0.174. The quantitative estimate of drug-likeness (QED) is 0.521. The first-order valence-corrected chi connectivity index (χ1v) is 9.89. The van der Waals surface area contributed by atoms with Gasteiger partial charge in [-0.15, -0.1) is 0 Å². The predicted octanol–water partition coefficient (Wildman–Crippen LogP) is 5.12. The molecular weight excluding hydrogens is 409 g/mol. The summed E-state index contributed by atoms with van der Waals surface area (Å²) in [5.41, 5.74) is 9.65. The van der Waals surface area contributed by atoms with E-state index in [0.29, 0.717) is 28.0 Å². The summed E-state index contributed by atoms with van der Waals surface area (Å²) in [5.74, 6) is -0.705. The Morgan fingerprint density at radius 1 is 0.931 bits per heavy atom. The highest BCUT2D eigenvalue weighted by molar-refractivity contribution is 6.37. The molecule has 6 heteroatoms. The minimum Gasteiger partial charge on any atom is -0.486 e. The summed E-state index contributed by atoms with van der Waals surface area (Å²) in [7, 11) is 0. The lowest BCUT2D eigenvalue weighted by atomic mass is 10.0. The average Bonchev–Trinajstić information content (AvgIpc) is 2.69. The van der Waals surface area contributed by atoms with Crippen LogP contribution in [0.15, 0.2) is 66.7 Å². The fourth-order valence-corrected chi connectivity index (χ4v) is 3.69. The number of hydrogen-bond donors (Lipinski definition) is 2. The molecule has 0 fully saturated rings. The summed E-state index contributed by atoms with van der Waals surface area (Å²) in [6.07, 6.45) is 0.933. The molecule has 0 amide bonds. The van der Waals surface area contributed by atoms with Gasteiger partial charge in [0.25, 0.3) is 0 Å². The van der Waals surface area contributed by atoms with Gasteiger partial charge in [-0.25, -0.2) is 0 Å². The van der Waals surface area contributed by atoms with Gasteiger partial charge in [0.2, 0.25) is 0 Å². The van der Waals surface area contributed by atoms with Crippen molar-refractivity contribution in [2.24, 2.45) is 5.73 Å². The van der Waals surface area contributed by atoms with Crippen LogP contribution >= 0.6 is 23.2 Å². The first-order valence-electron chi connectivity index (χ1n) is 9.14. The maximum Gasteiger partial charge on any atom is 0.320 e. The number of benzene rings is 3. The van der Waals surface area contributed by atoms with Gasteiger partial charge in [-0.1, -0.05) is 77.8 Å². The van der Waals surface area contributed by atoms with E-state index in [2.05, 4.69) is 18.2 Å². The second-order valence-corrected chi connectivity index (χ2v) is 7.57. The van der Waals surface area contributed by atoms with Gasteiger partial charge < -0.3 is 15.6 Å². The van der Waals surface area contributed by atoms with Gasteiger partial charge in [-0.2, -0.15) is 0 Å². The highest BCUT2D eigenvalue weighted by atomic mass is 35.5. The molecule has 3 aromatic carbocycles. The Morgan fingerprint density at radius 3 is 2.14 bits per heavy atom. The molecule has 29 heavy (non-hydrogen) atoms. The van der Waals surface area contributed by atoms with Crippen LogP contribution in [0.5, 0.6) is 5.75 Å². The minimum absolute atomic E-state index is 0.134. The van der Waals surface area contributed by atoms with Crippen molar-refractivity contribution in [3.05, 3.63) is 99.0 Å². The Hall–Kier alpha value is -2.53. The zero-order chi connectivity index (χ0) is 20.8. The molecule has 0 spiro atoms. The van der Waals surface area contributed by atoms with Gasteiger partial charge in [0.15, 0.2) is 5.75 Å². The summed E-state index contributed by atoms with van der Waals surface area (Å²) < 4.78 is 5.93. The maximum absolute atomic E-state index is 10.9. The van der Waals surface area contributed by atoms with Crippen LogP contribution in [0.4, 0.5) is 0 Å². The lowest BCUT2D eigenvalue weighted by Crippen LogP contribution is -2.32. The zero-order valence-corrected chi connectivity index (χ0v) is 17.2. The smallest absolute Gasteiger partial charge is 0.320 e. The van der Waals surface area contributed by atoms with E-state index in [1.807, 2.05) is 36.4 Å². The second kappa shape index (κ2) is 9.79. The van der Waals surface area contributed by atoms with Crippen molar-refractivity contribution in [2.75, 3.05) is 0 Å². The molecule has 0 saturated heterocycles. The van der Waals surface area contributed by atoms with Crippen LogP contribution in [0.1, 0.15) is 22.3 Å². The Balaban J connectivity index is 1.74. The molecule has 0 bridgehead atoms. The molecule has 0 aliphatic rings. The number of rotatable bonds is 8. The van der Waals surface area contributed by atoms with Gasteiger partial charge in [0, 0.05) is 0 Å². The van der Waals surface area contributed by atoms with Gasteiger partial charge in [-0.05, 0) is 47.2 Å². The number of carboxylic acid groups (broad SMARTS) is 1. The van der Waals surface area contributed by atoms with Crippen molar-refractivity contribution in [2.45, 2.75) is 25.5 Å². The predicted molar refractivity (Wildman–Crippen MR) is 116 cm³/mol. The molecule has 4 nitrogen and oxygen atoms in total. The number of nitrogens with two attached hydrogens (primary N) is 1. The van der Waals surface area contributed by atoms with Crippen LogP contribution in [0.3, 0.4) is 0 Å². The SMILES string of the molecule is NC(Cc1cc(Cl)c(OCc2ccccc2Cc2ccccc2)c(Cl)c1)C(=O)O. The standard InChI is InChI=1S/C23H21Cl2NO3/c24-19-11-16(13-21(26)23(27)28)12-20(25)22(19)29-14-18-9-5-4-8-17(18)10-15-6-2-1-3-7-15/h1-9,11-12,21H,10,13-14,26H2,(H,27,28). The van der Waals surface area contributed by atoms with E-state index in [1.165, 1.54) is 5.56 Å². The Labute approximate surface area is 179 Å². The van der Waals surface area contributed by atoms with Gasteiger partial charge >= 0.3 is 5.97 Å². The van der Waals surface area contributed by atoms with Crippen molar-refractivity contribution in [1.82, 2.24) is 0 Å². The lowest BCUT2D eigenvalue weighted by molar-refractivity contribution is -0.138. The maximum atomic E-state index is 10.9. The number of hydrogen-bond acceptors (Lipinski definition) is 3. The summed E-state index contributed by atoms with van der Waals surface area (Å²) in [4.78, 5) is 10.9. The molecular formula is C23H21Cl2NO3. The Morgan fingerprint density at radius 2 is 1.52 bits per heavy atom. The number of aliphatic carboxylic acids is 1. The Bertz CT molecular complexity index is 969. The summed E-state index contributed by atoms with van der Waals surface area (Å²) >= 11 is 12.7. The third-order valence-corrected chi connectivity index (χ3v) is 5.12. The van der Waals surface area contributed by atoms with Crippen molar-refractivity contribution in [1.29, 1.82) is 0 Å². The molecule has 3 rings (SSSR count). The third-order valence-electron chi connectivity index (χ3n) is 4.56. The van der Waals surface area contributed by atoms with Crippen molar-refractivity contribution in [3.8, 4) is 5.75 Å². The van der Waals surface area contributed by atoms with E-state index in [1.54, 1.807) is 12.1 Å². The zero-order valence-electron chi connectivity index (χ0n) is 15.6. The molecule has 0 heterocycles. The van der Waals surface area contributed by atoms with E-state index < -0.39 is 12.0 Å². The van der Waals surface area contributed by atoms with Crippen molar-refractivity contribution in [3.63, 3.8) is 0 Å². The van der Waals surface area contributed by atoms with Crippen LogP contribution in [0.25, 0.3) is 0 Å². The fourth-order valence-electron chi connectivity index (χ4n) is 3.05. The number of ether oxygens (including phenoxy) is 1. The van der Waals surface area contributed by atoms with E-state index in [4.69, 9.17) is 38.8 Å². The highest BCUT2D eigenvalue weighted by Gasteiger charge is 2.16. The van der Waals surface area contributed by atoms with Gasteiger partial charge in [-0.3, -0.25) is 4.79 Å². The van der Waals surface area contributed by atoms with E-state index in [0.717, 1.165) is 17.5 Å². The summed E-state index contributed by atoms with van der Waals surface area (Å²) in [6, 6.07) is 20.5. The highest BCUT2D eigenvalue weighted by Crippen LogP contribution is 2.35. The lowest BCUT2D eigenvalue weighted by Gasteiger charge is -2.15. The molecule has 1 unspecified atom stereocenters. The molecule has 1 atom stereocenters. The summed E-state index contributed by atoms with van der Waals surface area (Å²) in [5, 5.41) is 9.61. The minimum atomic E-state index is -1.08. The topological polar surface area (TPSA) is 72.5 Å². The molecule has 150 valence electrons. The van der Waals surface area contributed by atoms with Crippen LogP contribution in [0, 0.1) is 0 Å². The molecule has 3 aromatic rings. The van der Waals surface area contributed by atoms with E-state index in [-0.39, 0.29) is 6.42 Å². The first-order chi connectivity index (χ1) is 13.9. The molecule has 0 aromatic heterocycles. The molecule has 0 radical (unpaired) electrons. The number of carbonyl (C=O) groups is 1. The van der Waals surface area contributed by atoms with Crippen molar-refractivity contribution >= 4 is 29.2 Å². The van der Waals surface area contributed by atoms with Crippen LogP contribution in [0.2, 0.25) is 10.0 Å².